The van der Waals surface area contributed by atoms with Gasteiger partial charge in [-0.3, -0.25) is 0 Å². The molecule has 0 spiro atoms. The van der Waals surface area contributed by atoms with Crippen LogP contribution in [0, 0.1) is 20.8 Å². The Bertz CT molecular complexity index is 807. The number of anilines is 1. The lowest BCUT2D eigenvalue weighted by molar-refractivity contribution is 1.20. The van der Waals surface area contributed by atoms with Crippen LogP contribution >= 0.6 is 0 Å². The van der Waals surface area contributed by atoms with Crippen molar-refractivity contribution in [3.8, 4) is 11.4 Å². The molecule has 2 N–H and O–H groups in total. The number of aromatic nitrogens is 2. The topological polar surface area (TPSA) is 51.8 Å². The van der Waals surface area contributed by atoms with Gasteiger partial charge >= 0.3 is 0 Å². The Balaban J connectivity index is 2.31. The van der Waals surface area contributed by atoms with E-state index in [0.717, 1.165) is 22.0 Å². The molecule has 0 aliphatic rings. The molecular formula is C17H17N3. The van der Waals surface area contributed by atoms with Gasteiger partial charge in [0.05, 0.1) is 5.52 Å². The second-order valence-electron chi connectivity index (χ2n) is 5.15. The zero-order chi connectivity index (χ0) is 14.3. The molecule has 0 bridgehead atoms. The zero-order valence-electron chi connectivity index (χ0n) is 11.9. The quantitative estimate of drug-likeness (QED) is 0.726. The molecule has 1 aromatic heterocycles. The van der Waals surface area contributed by atoms with Crippen LogP contribution in [0.1, 0.15) is 16.7 Å². The van der Waals surface area contributed by atoms with E-state index in [9.17, 15) is 0 Å². The van der Waals surface area contributed by atoms with E-state index >= 15 is 0 Å². The largest absolute Gasteiger partial charge is 0.383 e. The third kappa shape index (κ3) is 1.92. The summed E-state index contributed by atoms with van der Waals surface area (Å²) in [6, 6.07) is 12.2. The summed E-state index contributed by atoms with van der Waals surface area (Å²) in [4.78, 5) is 9.18. The van der Waals surface area contributed by atoms with Crippen molar-refractivity contribution >= 4 is 16.7 Å². The zero-order valence-corrected chi connectivity index (χ0v) is 11.9. The van der Waals surface area contributed by atoms with Crippen LogP contribution < -0.4 is 5.73 Å². The fourth-order valence-electron chi connectivity index (χ4n) is 2.50. The summed E-state index contributed by atoms with van der Waals surface area (Å²) in [6.45, 7) is 6.21. The van der Waals surface area contributed by atoms with Gasteiger partial charge in [0.15, 0.2) is 5.82 Å². The van der Waals surface area contributed by atoms with Crippen LogP contribution in [-0.4, -0.2) is 9.97 Å². The first kappa shape index (κ1) is 12.6. The third-order valence-corrected chi connectivity index (χ3v) is 3.81. The predicted octanol–water partition coefficient (Wildman–Crippen LogP) is 3.80. The van der Waals surface area contributed by atoms with Gasteiger partial charge in [-0.1, -0.05) is 30.3 Å². The number of rotatable bonds is 1. The highest BCUT2D eigenvalue weighted by Gasteiger charge is 2.11. The molecule has 20 heavy (non-hydrogen) atoms. The molecule has 0 saturated heterocycles. The average molecular weight is 263 g/mol. The van der Waals surface area contributed by atoms with Gasteiger partial charge in [-0.2, -0.15) is 0 Å². The Labute approximate surface area is 118 Å². The maximum atomic E-state index is 6.13. The molecule has 0 amide bonds. The van der Waals surface area contributed by atoms with Crippen LogP contribution in [0.3, 0.4) is 0 Å². The van der Waals surface area contributed by atoms with Gasteiger partial charge < -0.3 is 5.73 Å². The number of nitrogens with zero attached hydrogens (tertiary/aromatic N) is 2. The number of nitrogen functional groups attached to an aromatic ring is 1. The van der Waals surface area contributed by atoms with E-state index in [1.807, 2.05) is 37.3 Å². The van der Waals surface area contributed by atoms with Gasteiger partial charge in [0, 0.05) is 10.9 Å². The Hall–Kier alpha value is -2.42. The summed E-state index contributed by atoms with van der Waals surface area (Å²) in [5, 5.41) is 0.946. The van der Waals surface area contributed by atoms with Crippen LogP contribution in [0.15, 0.2) is 36.4 Å². The molecule has 0 fully saturated rings. The predicted molar refractivity (Wildman–Crippen MR) is 83.6 cm³/mol. The van der Waals surface area contributed by atoms with E-state index in [1.54, 1.807) is 0 Å². The number of fused-ring (bicyclic) bond motifs is 1. The molecule has 3 rings (SSSR count). The first-order chi connectivity index (χ1) is 9.58. The molecule has 0 aliphatic heterocycles. The van der Waals surface area contributed by atoms with Crippen molar-refractivity contribution in [1.82, 2.24) is 9.97 Å². The Morgan fingerprint density at radius 3 is 2.35 bits per heavy atom. The van der Waals surface area contributed by atoms with E-state index in [1.165, 1.54) is 11.1 Å². The van der Waals surface area contributed by atoms with Gasteiger partial charge in [-0.05, 0) is 43.5 Å². The number of hydrogen-bond acceptors (Lipinski definition) is 3. The number of nitrogens with two attached hydrogens (primary N) is 1. The maximum Gasteiger partial charge on any atom is 0.162 e. The lowest BCUT2D eigenvalue weighted by Crippen LogP contribution is -2.00. The number of aryl methyl sites for hydroxylation is 2. The minimum Gasteiger partial charge on any atom is -0.383 e. The summed E-state index contributed by atoms with van der Waals surface area (Å²) in [6.07, 6.45) is 0. The Morgan fingerprint density at radius 1 is 0.850 bits per heavy atom. The van der Waals surface area contributed by atoms with Gasteiger partial charge in [0.25, 0.3) is 0 Å². The highest BCUT2D eigenvalue weighted by Crippen LogP contribution is 2.28. The fraction of sp³-hybridized carbons (Fsp3) is 0.176. The second kappa shape index (κ2) is 4.60. The Kier molecular flexibility index (Phi) is 2.90. The van der Waals surface area contributed by atoms with E-state index in [2.05, 4.69) is 29.9 Å². The van der Waals surface area contributed by atoms with Crippen LogP contribution in [-0.2, 0) is 0 Å². The molecule has 0 aliphatic carbocycles. The van der Waals surface area contributed by atoms with Crippen molar-refractivity contribution in [1.29, 1.82) is 0 Å². The first-order valence-electron chi connectivity index (χ1n) is 6.67. The van der Waals surface area contributed by atoms with Gasteiger partial charge in [0.2, 0.25) is 0 Å². The monoisotopic (exact) mass is 263 g/mol. The SMILES string of the molecule is Cc1cccc(-c2nc(N)c3c(C)cccc3n2)c1C. The van der Waals surface area contributed by atoms with E-state index < -0.39 is 0 Å². The second-order valence-corrected chi connectivity index (χ2v) is 5.15. The average Bonchev–Trinajstić information content (AvgIpc) is 2.41. The molecule has 0 unspecified atom stereocenters. The van der Waals surface area contributed by atoms with E-state index in [-0.39, 0.29) is 0 Å². The molecule has 3 nitrogen and oxygen atoms in total. The highest BCUT2D eigenvalue weighted by molar-refractivity contribution is 5.92. The normalized spacial score (nSPS) is 10.9. The maximum absolute atomic E-state index is 6.13. The van der Waals surface area contributed by atoms with Crippen molar-refractivity contribution in [3.05, 3.63) is 53.1 Å². The minimum atomic E-state index is 0.545. The van der Waals surface area contributed by atoms with Gasteiger partial charge in [-0.25, -0.2) is 9.97 Å². The number of benzene rings is 2. The van der Waals surface area contributed by atoms with Crippen LogP contribution in [0.25, 0.3) is 22.3 Å². The van der Waals surface area contributed by atoms with Crippen molar-refractivity contribution in [2.45, 2.75) is 20.8 Å². The van der Waals surface area contributed by atoms with Gasteiger partial charge in [-0.15, -0.1) is 0 Å². The van der Waals surface area contributed by atoms with Crippen molar-refractivity contribution in [2.24, 2.45) is 0 Å². The molecule has 1 heterocycles. The third-order valence-electron chi connectivity index (χ3n) is 3.81. The first-order valence-corrected chi connectivity index (χ1v) is 6.67. The summed E-state index contributed by atoms with van der Waals surface area (Å²) in [5.41, 5.74) is 11.6. The molecular weight excluding hydrogens is 246 g/mol. The molecule has 100 valence electrons. The van der Waals surface area contributed by atoms with Crippen LogP contribution in [0.4, 0.5) is 5.82 Å². The molecule has 3 heteroatoms. The Morgan fingerprint density at radius 2 is 1.55 bits per heavy atom. The van der Waals surface area contributed by atoms with E-state index in [4.69, 9.17) is 5.73 Å². The van der Waals surface area contributed by atoms with Crippen LogP contribution in [0.5, 0.6) is 0 Å². The lowest BCUT2D eigenvalue weighted by atomic mass is 10.0. The fourth-order valence-corrected chi connectivity index (χ4v) is 2.50. The van der Waals surface area contributed by atoms with Gasteiger partial charge in [0.1, 0.15) is 5.82 Å². The minimum absolute atomic E-state index is 0.545. The summed E-state index contributed by atoms with van der Waals surface area (Å²) in [5.74, 6) is 1.24. The van der Waals surface area contributed by atoms with Crippen molar-refractivity contribution in [2.75, 3.05) is 5.73 Å². The summed E-state index contributed by atoms with van der Waals surface area (Å²) < 4.78 is 0. The lowest BCUT2D eigenvalue weighted by Gasteiger charge is -2.10. The summed E-state index contributed by atoms with van der Waals surface area (Å²) in [7, 11) is 0. The smallest absolute Gasteiger partial charge is 0.162 e. The van der Waals surface area contributed by atoms with E-state index in [0.29, 0.717) is 11.6 Å². The molecule has 0 atom stereocenters. The molecule has 2 aromatic carbocycles. The highest BCUT2D eigenvalue weighted by atomic mass is 14.9. The number of hydrogen-bond donors (Lipinski definition) is 1. The molecule has 0 saturated carbocycles. The van der Waals surface area contributed by atoms with Crippen LogP contribution in [0.2, 0.25) is 0 Å². The van der Waals surface area contributed by atoms with Crippen molar-refractivity contribution in [3.63, 3.8) is 0 Å². The van der Waals surface area contributed by atoms with Crippen molar-refractivity contribution < 1.29 is 0 Å². The molecule has 0 radical (unpaired) electrons. The standard InChI is InChI=1S/C17H17N3/c1-10-6-4-8-13(12(10)3)17-19-14-9-5-7-11(2)15(14)16(18)20-17/h4-9H,1-3H3,(H2,18,19,20). The summed E-state index contributed by atoms with van der Waals surface area (Å²) >= 11 is 0. The molecule has 3 aromatic rings.